The highest BCUT2D eigenvalue weighted by molar-refractivity contribution is 4.45. The Hall–Kier alpha value is -0.0800. The van der Waals surface area contributed by atoms with Gasteiger partial charge in [0.25, 0.3) is 0 Å². The Kier molecular flexibility index (Phi) is 7.96. The predicted molar refractivity (Wildman–Crippen MR) is 50.4 cm³/mol. The molecule has 0 aromatic heterocycles. The standard InChI is InChI=1S/C9H22N2/c1-4-6-7-8-9-11(3)10-5-2/h10H,4-9H2,1-3H3. The van der Waals surface area contributed by atoms with Gasteiger partial charge < -0.3 is 0 Å². The maximum absolute atomic E-state index is 3.26. The molecule has 0 saturated heterocycles. The monoisotopic (exact) mass is 158 g/mol. The summed E-state index contributed by atoms with van der Waals surface area (Å²) in [6, 6.07) is 0. The van der Waals surface area contributed by atoms with Gasteiger partial charge in [0.1, 0.15) is 0 Å². The van der Waals surface area contributed by atoms with Crippen LogP contribution in [0.25, 0.3) is 0 Å². The molecular formula is C9H22N2. The molecule has 0 spiro atoms. The first-order valence-corrected chi connectivity index (χ1v) is 4.75. The van der Waals surface area contributed by atoms with Crippen molar-refractivity contribution >= 4 is 0 Å². The van der Waals surface area contributed by atoms with E-state index in [1.165, 1.54) is 32.2 Å². The number of rotatable bonds is 7. The molecule has 0 radical (unpaired) electrons. The highest BCUT2D eigenvalue weighted by atomic mass is 15.5. The fourth-order valence-electron chi connectivity index (χ4n) is 1.12. The van der Waals surface area contributed by atoms with Crippen LogP contribution >= 0.6 is 0 Å². The molecule has 11 heavy (non-hydrogen) atoms. The third-order valence-corrected chi connectivity index (χ3v) is 1.78. The SMILES string of the molecule is CCCCCCN(C)NCC. The van der Waals surface area contributed by atoms with Crippen molar-refractivity contribution in [3.63, 3.8) is 0 Å². The minimum Gasteiger partial charge on any atom is -0.256 e. The molecule has 2 nitrogen and oxygen atoms in total. The molecule has 0 rings (SSSR count). The van der Waals surface area contributed by atoms with E-state index in [0.29, 0.717) is 0 Å². The van der Waals surface area contributed by atoms with E-state index in [2.05, 4.69) is 31.3 Å². The van der Waals surface area contributed by atoms with Gasteiger partial charge in [0.05, 0.1) is 0 Å². The molecule has 2 heteroatoms. The summed E-state index contributed by atoms with van der Waals surface area (Å²) in [6.07, 6.45) is 5.38. The third kappa shape index (κ3) is 7.82. The van der Waals surface area contributed by atoms with Gasteiger partial charge in [-0.3, -0.25) is 5.43 Å². The summed E-state index contributed by atoms with van der Waals surface area (Å²) < 4.78 is 0. The van der Waals surface area contributed by atoms with Gasteiger partial charge in [-0.15, -0.1) is 0 Å². The molecule has 0 atom stereocenters. The average molecular weight is 158 g/mol. The van der Waals surface area contributed by atoms with Crippen LogP contribution in [0, 0.1) is 0 Å². The first-order valence-electron chi connectivity index (χ1n) is 4.75. The molecule has 0 heterocycles. The first kappa shape index (κ1) is 10.9. The molecule has 0 aromatic carbocycles. The van der Waals surface area contributed by atoms with Crippen LogP contribution < -0.4 is 5.43 Å². The quantitative estimate of drug-likeness (QED) is 0.450. The van der Waals surface area contributed by atoms with E-state index in [9.17, 15) is 0 Å². The molecule has 0 amide bonds. The van der Waals surface area contributed by atoms with Crippen molar-refractivity contribution in [3.05, 3.63) is 0 Å². The lowest BCUT2D eigenvalue weighted by molar-refractivity contribution is 0.236. The highest BCUT2D eigenvalue weighted by Crippen LogP contribution is 1.98. The van der Waals surface area contributed by atoms with E-state index in [1.807, 2.05) is 0 Å². The second kappa shape index (κ2) is 8.02. The first-order chi connectivity index (χ1) is 5.31. The smallest absolute Gasteiger partial charge is 0.0127 e. The predicted octanol–water partition coefficient (Wildman–Crippen LogP) is 2.02. The van der Waals surface area contributed by atoms with Crippen molar-refractivity contribution in [2.45, 2.75) is 39.5 Å². The Morgan fingerprint density at radius 1 is 1.09 bits per heavy atom. The zero-order chi connectivity index (χ0) is 8.53. The molecule has 0 aliphatic carbocycles. The number of nitrogens with zero attached hydrogens (tertiary/aromatic N) is 1. The fraction of sp³-hybridized carbons (Fsp3) is 1.00. The molecule has 0 bridgehead atoms. The number of unbranched alkanes of at least 4 members (excludes halogenated alkanes) is 3. The Morgan fingerprint density at radius 2 is 1.82 bits per heavy atom. The van der Waals surface area contributed by atoms with Crippen LogP contribution in [0.4, 0.5) is 0 Å². The van der Waals surface area contributed by atoms with Crippen molar-refractivity contribution in [2.75, 3.05) is 20.1 Å². The van der Waals surface area contributed by atoms with Gasteiger partial charge in [-0.05, 0) is 6.42 Å². The maximum Gasteiger partial charge on any atom is 0.0127 e. The largest absolute Gasteiger partial charge is 0.256 e. The summed E-state index contributed by atoms with van der Waals surface area (Å²) in [5, 5.41) is 2.18. The third-order valence-electron chi connectivity index (χ3n) is 1.78. The van der Waals surface area contributed by atoms with Crippen LogP contribution in [-0.2, 0) is 0 Å². The van der Waals surface area contributed by atoms with Gasteiger partial charge >= 0.3 is 0 Å². The van der Waals surface area contributed by atoms with Crippen molar-refractivity contribution < 1.29 is 0 Å². The molecular weight excluding hydrogens is 136 g/mol. The van der Waals surface area contributed by atoms with Crippen LogP contribution in [0.2, 0.25) is 0 Å². The van der Waals surface area contributed by atoms with Crippen molar-refractivity contribution in [2.24, 2.45) is 0 Å². The summed E-state index contributed by atoms with van der Waals surface area (Å²) >= 11 is 0. The van der Waals surface area contributed by atoms with Crippen LogP contribution in [0.5, 0.6) is 0 Å². The Balaban J connectivity index is 2.97. The van der Waals surface area contributed by atoms with E-state index < -0.39 is 0 Å². The molecule has 0 aromatic rings. The maximum atomic E-state index is 3.26. The lowest BCUT2D eigenvalue weighted by atomic mass is 10.2. The molecule has 0 unspecified atom stereocenters. The molecule has 0 saturated carbocycles. The molecule has 0 aliphatic heterocycles. The lowest BCUT2D eigenvalue weighted by Gasteiger charge is -2.16. The van der Waals surface area contributed by atoms with Crippen LogP contribution in [0.3, 0.4) is 0 Å². The van der Waals surface area contributed by atoms with Gasteiger partial charge in [0.15, 0.2) is 0 Å². The van der Waals surface area contributed by atoms with E-state index >= 15 is 0 Å². The van der Waals surface area contributed by atoms with Crippen LogP contribution in [0.1, 0.15) is 39.5 Å². The summed E-state index contributed by atoms with van der Waals surface area (Å²) in [5.74, 6) is 0. The summed E-state index contributed by atoms with van der Waals surface area (Å²) in [6.45, 7) is 6.58. The van der Waals surface area contributed by atoms with Gasteiger partial charge in [0.2, 0.25) is 0 Å². The van der Waals surface area contributed by atoms with Crippen LogP contribution in [0.15, 0.2) is 0 Å². The fourth-order valence-corrected chi connectivity index (χ4v) is 1.12. The number of hydrogen-bond donors (Lipinski definition) is 1. The zero-order valence-corrected chi connectivity index (χ0v) is 8.19. The Bertz CT molecular complexity index is 74.0. The average Bonchev–Trinajstić information content (AvgIpc) is 1.99. The summed E-state index contributed by atoms with van der Waals surface area (Å²) in [7, 11) is 2.11. The second-order valence-electron chi connectivity index (χ2n) is 2.99. The number of hydrogen-bond acceptors (Lipinski definition) is 2. The van der Waals surface area contributed by atoms with E-state index in [0.717, 1.165) is 6.54 Å². The van der Waals surface area contributed by atoms with Gasteiger partial charge in [0, 0.05) is 20.1 Å². The summed E-state index contributed by atoms with van der Waals surface area (Å²) in [5.41, 5.74) is 3.26. The molecule has 0 fully saturated rings. The second-order valence-corrected chi connectivity index (χ2v) is 2.99. The van der Waals surface area contributed by atoms with Crippen molar-refractivity contribution in [1.82, 2.24) is 10.4 Å². The van der Waals surface area contributed by atoms with E-state index in [4.69, 9.17) is 0 Å². The minimum absolute atomic E-state index is 1.03. The van der Waals surface area contributed by atoms with Gasteiger partial charge in [-0.1, -0.05) is 33.1 Å². The molecule has 1 N–H and O–H groups in total. The minimum atomic E-state index is 1.03. The molecule has 68 valence electrons. The Morgan fingerprint density at radius 3 is 2.36 bits per heavy atom. The normalized spacial score (nSPS) is 10.9. The van der Waals surface area contributed by atoms with Crippen molar-refractivity contribution in [1.29, 1.82) is 0 Å². The zero-order valence-electron chi connectivity index (χ0n) is 8.19. The number of nitrogens with one attached hydrogen (secondary N) is 1. The summed E-state index contributed by atoms with van der Waals surface area (Å²) in [4.78, 5) is 0. The van der Waals surface area contributed by atoms with Crippen molar-refractivity contribution in [3.8, 4) is 0 Å². The van der Waals surface area contributed by atoms with E-state index in [1.54, 1.807) is 0 Å². The van der Waals surface area contributed by atoms with Gasteiger partial charge in [-0.25, -0.2) is 5.01 Å². The lowest BCUT2D eigenvalue weighted by Crippen LogP contribution is -2.34. The van der Waals surface area contributed by atoms with Gasteiger partial charge in [-0.2, -0.15) is 0 Å². The highest BCUT2D eigenvalue weighted by Gasteiger charge is 1.93. The molecule has 0 aliphatic rings. The number of hydrazine groups is 1. The van der Waals surface area contributed by atoms with E-state index in [-0.39, 0.29) is 0 Å². The van der Waals surface area contributed by atoms with Crippen LogP contribution in [-0.4, -0.2) is 25.1 Å². The Labute approximate surface area is 70.9 Å². The topological polar surface area (TPSA) is 15.3 Å².